The van der Waals surface area contributed by atoms with E-state index < -0.39 is 5.97 Å². The quantitative estimate of drug-likeness (QED) is 0.415. The highest BCUT2D eigenvalue weighted by Crippen LogP contribution is 2.36. The minimum atomic E-state index is -1.01. The van der Waals surface area contributed by atoms with Gasteiger partial charge < -0.3 is 9.67 Å². The lowest BCUT2D eigenvalue weighted by Crippen LogP contribution is -2.28. The number of rotatable bonds is 6. The number of hydrogen-bond acceptors (Lipinski definition) is 4. The van der Waals surface area contributed by atoms with Gasteiger partial charge in [0.05, 0.1) is 21.8 Å². The number of amides is 1. The highest BCUT2D eigenvalue weighted by Gasteiger charge is 2.32. The number of carbonyl (C=O) groups excluding carboxylic acids is 1. The summed E-state index contributed by atoms with van der Waals surface area (Å²) in [4.78, 5) is 31.3. The van der Waals surface area contributed by atoms with Crippen LogP contribution in [-0.4, -0.2) is 38.2 Å². The topological polar surface area (TPSA) is 74.9 Å². The first-order valence-electron chi connectivity index (χ1n) is 11.7. The van der Waals surface area contributed by atoms with Crippen LogP contribution < -0.4 is 0 Å². The van der Waals surface area contributed by atoms with Crippen LogP contribution in [0.1, 0.15) is 52.3 Å². The van der Waals surface area contributed by atoms with Gasteiger partial charge >= 0.3 is 5.97 Å². The molecule has 0 atom stereocenters. The molecule has 3 aromatic rings. The number of amidine groups is 1. The van der Waals surface area contributed by atoms with Crippen molar-refractivity contribution >= 4 is 40.6 Å². The number of aromatic carboxylic acids is 1. The number of nitrogens with zero attached hydrogens (tertiary/aromatic N) is 3. The van der Waals surface area contributed by atoms with Crippen LogP contribution in [-0.2, 0) is 11.2 Å². The number of likely N-dealkylation sites (N-methyl/N-ethyl adjacent to an activating group) is 1. The Hall–Kier alpha value is -3.58. The molecule has 1 aliphatic heterocycles. The van der Waals surface area contributed by atoms with Crippen molar-refractivity contribution in [1.82, 2.24) is 9.47 Å². The average molecular weight is 488 g/mol. The SMILES string of the molecule is CCc1cccc(C)c1-n1c(C)cc(/C=C2\SC(=Nc3cccc(C(=O)O)c3)N(CC)C2=O)c1C. The van der Waals surface area contributed by atoms with Crippen LogP contribution >= 0.6 is 11.8 Å². The summed E-state index contributed by atoms with van der Waals surface area (Å²) in [6.07, 6.45) is 2.88. The summed E-state index contributed by atoms with van der Waals surface area (Å²) in [5.74, 6) is -1.11. The van der Waals surface area contributed by atoms with E-state index in [1.54, 1.807) is 17.0 Å². The van der Waals surface area contributed by atoms with Crippen LogP contribution in [0, 0.1) is 20.8 Å². The summed E-state index contributed by atoms with van der Waals surface area (Å²) >= 11 is 1.32. The van der Waals surface area contributed by atoms with E-state index in [2.05, 4.69) is 61.5 Å². The van der Waals surface area contributed by atoms with E-state index in [0.717, 1.165) is 23.4 Å². The van der Waals surface area contributed by atoms with Crippen molar-refractivity contribution in [2.24, 2.45) is 4.99 Å². The fourth-order valence-electron chi connectivity index (χ4n) is 4.43. The van der Waals surface area contributed by atoms with Gasteiger partial charge in [0.2, 0.25) is 0 Å². The second-order valence-corrected chi connectivity index (χ2v) is 9.52. The molecule has 7 heteroatoms. The van der Waals surface area contributed by atoms with E-state index >= 15 is 0 Å². The minimum absolute atomic E-state index is 0.0967. The van der Waals surface area contributed by atoms with Crippen molar-refractivity contribution in [2.75, 3.05) is 6.54 Å². The normalized spacial score (nSPS) is 16.0. The molecule has 0 radical (unpaired) electrons. The van der Waals surface area contributed by atoms with Gasteiger partial charge in [0.25, 0.3) is 5.91 Å². The monoisotopic (exact) mass is 487 g/mol. The zero-order valence-electron chi connectivity index (χ0n) is 20.6. The molecular weight excluding hydrogens is 458 g/mol. The summed E-state index contributed by atoms with van der Waals surface area (Å²) in [5.41, 5.74) is 7.55. The smallest absolute Gasteiger partial charge is 0.335 e. The molecule has 0 saturated carbocycles. The van der Waals surface area contributed by atoms with Gasteiger partial charge in [-0.05, 0) is 92.9 Å². The van der Waals surface area contributed by atoms with Gasteiger partial charge in [0.15, 0.2) is 5.17 Å². The molecule has 2 heterocycles. The predicted molar refractivity (Wildman–Crippen MR) is 143 cm³/mol. The molecule has 2 aromatic carbocycles. The molecule has 0 bridgehead atoms. The molecule has 4 rings (SSSR count). The number of hydrogen-bond donors (Lipinski definition) is 1. The number of para-hydroxylation sites is 1. The molecule has 35 heavy (non-hydrogen) atoms. The molecule has 6 nitrogen and oxygen atoms in total. The number of carbonyl (C=O) groups is 2. The first kappa shape index (κ1) is 24.5. The van der Waals surface area contributed by atoms with Crippen molar-refractivity contribution in [2.45, 2.75) is 41.0 Å². The lowest BCUT2D eigenvalue weighted by Gasteiger charge is -2.17. The number of aliphatic imine (C=N–C) groups is 1. The summed E-state index contributed by atoms with van der Waals surface area (Å²) < 4.78 is 2.27. The van der Waals surface area contributed by atoms with Crippen LogP contribution in [0.4, 0.5) is 5.69 Å². The summed E-state index contributed by atoms with van der Waals surface area (Å²) in [6.45, 7) is 10.8. The van der Waals surface area contributed by atoms with E-state index in [1.165, 1.54) is 40.7 Å². The van der Waals surface area contributed by atoms with Crippen molar-refractivity contribution in [1.29, 1.82) is 0 Å². The molecule has 0 aliphatic carbocycles. The Labute approximate surface area is 210 Å². The third-order valence-electron chi connectivity index (χ3n) is 6.20. The zero-order chi connectivity index (χ0) is 25.3. The predicted octanol–water partition coefficient (Wildman–Crippen LogP) is 6.29. The molecule has 1 saturated heterocycles. The number of carboxylic acids is 1. The third kappa shape index (κ3) is 4.68. The number of aromatic nitrogens is 1. The largest absolute Gasteiger partial charge is 0.478 e. The van der Waals surface area contributed by atoms with Crippen LogP contribution in [0.3, 0.4) is 0 Å². The zero-order valence-corrected chi connectivity index (χ0v) is 21.4. The first-order valence-corrected chi connectivity index (χ1v) is 12.5. The van der Waals surface area contributed by atoms with Crippen LogP contribution in [0.25, 0.3) is 11.8 Å². The molecular formula is C28H29N3O3S. The van der Waals surface area contributed by atoms with Crippen LogP contribution in [0.15, 0.2) is 58.4 Å². The molecule has 0 unspecified atom stereocenters. The van der Waals surface area contributed by atoms with Gasteiger partial charge in [-0.2, -0.15) is 0 Å². The van der Waals surface area contributed by atoms with Crippen molar-refractivity contribution in [3.8, 4) is 5.69 Å². The Bertz CT molecular complexity index is 1380. The van der Waals surface area contributed by atoms with Gasteiger partial charge in [0.1, 0.15) is 0 Å². The summed E-state index contributed by atoms with van der Waals surface area (Å²) in [5, 5.41) is 9.82. The second-order valence-electron chi connectivity index (χ2n) is 8.51. The Balaban J connectivity index is 1.74. The summed E-state index contributed by atoms with van der Waals surface area (Å²) in [6, 6.07) is 14.9. The molecule has 1 N–H and O–H groups in total. The number of carboxylic acid groups (broad SMARTS) is 1. The molecule has 1 fully saturated rings. The van der Waals surface area contributed by atoms with Crippen molar-refractivity contribution in [3.63, 3.8) is 0 Å². The Morgan fingerprint density at radius 1 is 1.09 bits per heavy atom. The number of aryl methyl sites for hydroxylation is 3. The van der Waals surface area contributed by atoms with E-state index in [-0.39, 0.29) is 11.5 Å². The lowest BCUT2D eigenvalue weighted by atomic mass is 10.1. The number of thioether (sulfide) groups is 1. The highest BCUT2D eigenvalue weighted by molar-refractivity contribution is 8.18. The standard InChI is InChI=1S/C28H29N3O3S/c1-6-20-11-8-10-17(3)25(20)31-18(4)14-22(19(31)5)16-24-26(32)30(7-2)28(35-24)29-23-13-9-12-21(15-23)27(33)34/h8-16H,6-7H2,1-5H3,(H,33,34)/b24-16-,29-28?. The van der Waals surface area contributed by atoms with Gasteiger partial charge in [-0.25, -0.2) is 9.79 Å². The van der Waals surface area contributed by atoms with Gasteiger partial charge in [-0.3, -0.25) is 9.69 Å². The molecule has 1 aromatic heterocycles. The van der Waals surface area contributed by atoms with E-state index in [4.69, 9.17) is 0 Å². The Kier molecular flexibility index (Phi) is 6.98. The van der Waals surface area contributed by atoms with Crippen LogP contribution in [0.5, 0.6) is 0 Å². The maximum absolute atomic E-state index is 13.2. The third-order valence-corrected chi connectivity index (χ3v) is 7.21. The fourth-order valence-corrected chi connectivity index (χ4v) is 5.49. The Morgan fingerprint density at radius 2 is 1.83 bits per heavy atom. The van der Waals surface area contributed by atoms with Crippen molar-refractivity contribution in [3.05, 3.63) is 87.1 Å². The molecule has 180 valence electrons. The average Bonchev–Trinajstić information content (AvgIpc) is 3.28. The molecule has 1 amide bonds. The maximum Gasteiger partial charge on any atom is 0.335 e. The Morgan fingerprint density at radius 3 is 2.51 bits per heavy atom. The van der Waals surface area contributed by atoms with Gasteiger partial charge in [-0.15, -0.1) is 0 Å². The molecule has 1 aliphatic rings. The van der Waals surface area contributed by atoms with Crippen LogP contribution in [0.2, 0.25) is 0 Å². The maximum atomic E-state index is 13.2. The van der Waals surface area contributed by atoms with Gasteiger partial charge in [0, 0.05) is 17.9 Å². The second kappa shape index (κ2) is 9.96. The highest BCUT2D eigenvalue weighted by atomic mass is 32.2. The summed E-state index contributed by atoms with van der Waals surface area (Å²) in [7, 11) is 0. The molecule has 0 spiro atoms. The fraction of sp³-hybridized carbons (Fsp3) is 0.250. The number of benzene rings is 2. The lowest BCUT2D eigenvalue weighted by molar-refractivity contribution is -0.122. The first-order chi connectivity index (χ1) is 16.7. The van der Waals surface area contributed by atoms with Gasteiger partial charge in [-0.1, -0.05) is 31.2 Å². The van der Waals surface area contributed by atoms with E-state index in [9.17, 15) is 14.7 Å². The minimum Gasteiger partial charge on any atom is -0.478 e. The van der Waals surface area contributed by atoms with Crippen molar-refractivity contribution < 1.29 is 14.7 Å². The van der Waals surface area contributed by atoms with E-state index in [0.29, 0.717) is 22.3 Å². The van der Waals surface area contributed by atoms with E-state index in [1.807, 2.05) is 13.0 Å².